The van der Waals surface area contributed by atoms with Crippen molar-refractivity contribution >= 4 is 23.8 Å². The van der Waals surface area contributed by atoms with E-state index < -0.39 is 6.04 Å². The number of halogens is 1. The van der Waals surface area contributed by atoms with Crippen LogP contribution in [0.1, 0.15) is 19.4 Å². The maximum absolute atomic E-state index is 11.5. The van der Waals surface area contributed by atoms with Crippen LogP contribution in [0, 0.1) is 5.92 Å². The highest BCUT2D eigenvalue weighted by molar-refractivity contribution is 6.30. The van der Waals surface area contributed by atoms with E-state index in [0.29, 0.717) is 5.02 Å². The van der Waals surface area contributed by atoms with Crippen LogP contribution in [0.15, 0.2) is 29.3 Å². The van der Waals surface area contributed by atoms with Gasteiger partial charge < -0.3 is 4.74 Å². The summed E-state index contributed by atoms with van der Waals surface area (Å²) >= 11 is 5.86. The predicted molar refractivity (Wildman–Crippen MR) is 69.7 cm³/mol. The summed E-state index contributed by atoms with van der Waals surface area (Å²) in [5.74, 6) is -0.226. The first-order chi connectivity index (χ1) is 8.04. The molecule has 1 aromatic carbocycles. The molecule has 0 bridgehead atoms. The van der Waals surface area contributed by atoms with Crippen molar-refractivity contribution in [3.8, 4) is 0 Å². The molecule has 0 radical (unpaired) electrons. The number of rotatable bonds is 4. The second-order valence-electron chi connectivity index (χ2n) is 4.05. The lowest BCUT2D eigenvalue weighted by Gasteiger charge is -2.13. The second kappa shape index (κ2) is 6.40. The van der Waals surface area contributed by atoms with Crippen molar-refractivity contribution in [2.24, 2.45) is 10.9 Å². The average Bonchev–Trinajstić information content (AvgIpc) is 2.28. The van der Waals surface area contributed by atoms with Crippen LogP contribution in [0.25, 0.3) is 0 Å². The van der Waals surface area contributed by atoms with Crippen molar-refractivity contribution in [3.05, 3.63) is 34.9 Å². The molecule has 92 valence electrons. The Labute approximate surface area is 106 Å². The van der Waals surface area contributed by atoms with Gasteiger partial charge in [0.25, 0.3) is 0 Å². The number of esters is 1. The number of methoxy groups -OCH3 is 1. The molecule has 0 saturated carbocycles. The molecule has 4 heteroatoms. The molecular formula is C13H16ClNO2. The monoisotopic (exact) mass is 253 g/mol. The van der Waals surface area contributed by atoms with Gasteiger partial charge in [0, 0.05) is 11.2 Å². The fraction of sp³-hybridized carbons (Fsp3) is 0.385. The van der Waals surface area contributed by atoms with Crippen molar-refractivity contribution < 1.29 is 9.53 Å². The molecule has 0 N–H and O–H groups in total. The molecule has 0 fully saturated rings. The summed E-state index contributed by atoms with van der Waals surface area (Å²) in [4.78, 5) is 15.7. The molecule has 0 aliphatic heterocycles. The number of nitrogens with zero attached hydrogens (tertiary/aromatic N) is 1. The molecule has 0 aromatic heterocycles. The minimum atomic E-state index is -0.473. The third-order valence-corrected chi connectivity index (χ3v) is 2.54. The predicted octanol–water partition coefficient (Wildman–Crippen LogP) is 2.96. The molecule has 17 heavy (non-hydrogen) atoms. The summed E-state index contributed by atoms with van der Waals surface area (Å²) in [7, 11) is 1.37. The van der Waals surface area contributed by atoms with E-state index in [9.17, 15) is 4.79 Å². The number of hydrogen-bond acceptors (Lipinski definition) is 3. The van der Waals surface area contributed by atoms with Gasteiger partial charge in [-0.15, -0.1) is 0 Å². The van der Waals surface area contributed by atoms with Gasteiger partial charge in [0.1, 0.15) is 6.04 Å². The third kappa shape index (κ3) is 4.19. The molecule has 0 aliphatic rings. The molecule has 1 rings (SSSR count). The maximum Gasteiger partial charge on any atom is 0.330 e. The standard InChI is InChI=1S/C13H16ClNO2/c1-9(2)12(13(16)17-3)15-8-10-5-4-6-11(14)7-10/h4-9,12H,1-3H3. The first kappa shape index (κ1) is 13.7. The Hall–Kier alpha value is -1.35. The average molecular weight is 254 g/mol. The summed E-state index contributed by atoms with van der Waals surface area (Å²) in [6.07, 6.45) is 1.65. The third-order valence-electron chi connectivity index (χ3n) is 2.31. The Bertz CT molecular complexity index is 416. The van der Waals surface area contributed by atoms with Crippen molar-refractivity contribution in [1.29, 1.82) is 0 Å². The Balaban J connectivity index is 2.83. The zero-order chi connectivity index (χ0) is 12.8. The van der Waals surface area contributed by atoms with Crippen molar-refractivity contribution in [2.75, 3.05) is 7.11 Å². The molecule has 3 nitrogen and oxygen atoms in total. The molecule has 1 atom stereocenters. The van der Waals surface area contributed by atoms with E-state index in [1.54, 1.807) is 18.3 Å². The van der Waals surface area contributed by atoms with Crippen LogP contribution < -0.4 is 0 Å². The molecule has 0 amide bonds. The number of carbonyl (C=O) groups excluding carboxylic acids is 1. The lowest BCUT2D eigenvalue weighted by molar-refractivity contribution is -0.143. The van der Waals surface area contributed by atoms with Crippen LogP contribution in [-0.4, -0.2) is 25.3 Å². The van der Waals surface area contributed by atoms with Gasteiger partial charge in [0.2, 0.25) is 0 Å². The van der Waals surface area contributed by atoms with Gasteiger partial charge in [-0.1, -0.05) is 37.6 Å². The van der Waals surface area contributed by atoms with Crippen LogP contribution in [0.4, 0.5) is 0 Å². The highest BCUT2D eigenvalue weighted by Gasteiger charge is 2.20. The number of carbonyl (C=O) groups is 1. The Morgan fingerprint density at radius 1 is 1.47 bits per heavy atom. The van der Waals surface area contributed by atoms with E-state index in [4.69, 9.17) is 16.3 Å². The zero-order valence-electron chi connectivity index (χ0n) is 10.2. The minimum Gasteiger partial charge on any atom is -0.467 e. The van der Waals surface area contributed by atoms with Crippen molar-refractivity contribution in [2.45, 2.75) is 19.9 Å². The molecular weight excluding hydrogens is 238 g/mol. The number of hydrogen-bond donors (Lipinski definition) is 0. The van der Waals surface area contributed by atoms with Crippen molar-refractivity contribution in [1.82, 2.24) is 0 Å². The molecule has 0 spiro atoms. The molecule has 1 aromatic rings. The normalized spacial score (nSPS) is 13.0. The van der Waals surface area contributed by atoms with Crippen LogP contribution in [0.3, 0.4) is 0 Å². The fourth-order valence-electron chi connectivity index (χ4n) is 1.38. The van der Waals surface area contributed by atoms with Crippen LogP contribution in [-0.2, 0) is 9.53 Å². The van der Waals surface area contributed by atoms with Gasteiger partial charge in [0.15, 0.2) is 0 Å². The largest absolute Gasteiger partial charge is 0.467 e. The highest BCUT2D eigenvalue weighted by atomic mass is 35.5. The zero-order valence-corrected chi connectivity index (χ0v) is 10.9. The highest BCUT2D eigenvalue weighted by Crippen LogP contribution is 2.11. The summed E-state index contributed by atoms with van der Waals surface area (Å²) < 4.78 is 4.71. The van der Waals surface area contributed by atoms with E-state index in [-0.39, 0.29) is 11.9 Å². The first-order valence-corrected chi connectivity index (χ1v) is 5.79. The second-order valence-corrected chi connectivity index (χ2v) is 4.48. The summed E-state index contributed by atoms with van der Waals surface area (Å²) in [5.41, 5.74) is 0.868. The van der Waals surface area contributed by atoms with Gasteiger partial charge in [-0.25, -0.2) is 4.79 Å². The summed E-state index contributed by atoms with van der Waals surface area (Å²) in [6.45, 7) is 3.85. The summed E-state index contributed by atoms with van der Waals surface area (Å²) in [5, 5.41) is 0.646. The van der Waals surface area contributed by atoms with E-state index in [0.717, 1.165) is 5.56 Å². The van der Waals surface area contributed by atoms with Crippen molar-refractivity contribution in [3.63, 3.8) is 0 Å². The minimum absolute atomic E-state index is 0.0953. The van der Waals surface area contributed by atoms with Crippen LogP contribution in [0.5, 0.6) is 0 Å². The SMILES string of the molecule is COC(=O)C(N=Cc1cccc(Cl)c1)C(C)C. The number of aliphatic imine (C=N–C) groups is 1. The van der Waals surface area contributed by atoms with Crippen LogP contribution in [0.2, 0.25) is 5.02 Å². The Kier molecular flexibility index (Phi) is 5.16. The van der Waals surface area contributed by atoms with E-state index in [1.807, 2.05) is 26.0 Å². The van der Waals surface area contributed by atoms with Crippen LogP contribution >= 0.6 is 11.6 Å². The molecule has 0 saturated heterocycles. The van der Waals surface area contributed by atoms with Gasteiger partial charge >= 0.3 is 5.97 Å². The number of benzene rings is 1. The number of ether oxygens (including phenoxy) is 1. The van der Waals surface area contributed by atoms with E-state index >= 15 is 0 Å². The Morgan fingerprint density at radius 2 is 2.18 bits per heavy atom. The van der Waals surface area contributed by atoms with Gasteiger partial charge in [0.05, 0.1) is 7.11 Å². The topological polar surface area (TPSA) is 38.7 Å². The molecule has 1 unspecified atom stereocenters. The quantitative estimate of drug-likeness (QED) is 0.611. The smallest absolute Gasteiger partial charge is 0.330 e. The van der Waals surface area contributed by atoms with Gasteiger partial charge in [-0.05, 0) is 23.6 Å². The van der Waals surface area contributed by atoms with Gasteiger partial charge in [-0.3, -0.25) is 4.99 Å². The lowest BCUT2D eigenvalue weighted by atomic mass is 10.1. The Morgan fingerprint density at radius 3 is 2.71 bits per heavy atom. The first-order valence-electron chi connectivity index (χ1n) is 5.41. The fourth-order valence-corrected chi connectivity index (χ4v) is 1.58. The van der Waals surface area contributed by atoms with E-state index in [2.05, 4.69) is 4.99 Å². The molecule has 0 heterocycles. The molecule has 0 aliphatic carbocycles. The maximum atomic E-state index is 11.5. The van der Waals surface area contributed by atoms with Gasteiger partial charge in [-0.2, -0.15) is 0 Å². The van der Waals surface area contributed by atoms with E-state index in [1.165, 1.54) is 7.11 Å². The lowest BCUT2D eigenvalue weighted by Crippen LogP contribution is -2.25. The summed E-state index contributed by atoms with van der Waals surface area (Å²) in [6, 6.07) is 6.83.